The standard InChI is InChI=1S/C48H58FN7O12/c1-6-48(63)33-19-37-42-31(21-56(37)45(60)32(33)23-67-46(48)61)40-35(12-11-30-26(4)34(49)20-36(53-42)39(30)40)54-47(62)68-22-28-7-9-29(10-8-28)52-43(58)27(5)51-44(59)41(25(2)3)55-38(57)24-66-18-17-65-16-15-64-14-13-50/h7-10,19-20,25,27,35,41,63H,6,11-18,21-24,50H2,1-5H3,(H,51,59)(H,52,58)(H,54,62)(H,55,57)/t27-,35-,41-,48-/m0/s1. The van der Waals surface area contributed by atoms with Gasteiger partial charge in [0.05, 0.1) is 68.1 Å². The Bertz CT molecular complexity index is 2660. The van der Waals surface area contributed by atoms with E-state index in [1.165, 1.54) is 17.6 Å². The highest BCUT2D eigenvalue weighted by Gasteiger charge is 2.46. The van der Waals surface area contributed by atoms with Crippen LogP contribution in [0.15, 0.2) is 41.2 Å². The van der Waals surface area contributed by atoms with Crippen molar-refractivity contribution in [2.75, 3.05) is 51.5 Å². The van der Waals surface area contributed by atoms with E-state index in [1.807, 2.05) is 0 Å². The van der Waals surface area contributed by atoms with E-state index in [-0.39, 0.29) is 63.0 Å². The first-order valence-electron chi connectivity index (χ1n) is 22.7. The molecule has 0 saturated carbocycles. The van der Waals surface area contributed by atoms with Crippen LogP contribution < -0.4 is 32.6 Å². The summed E-state index contributed by atoms with van der Waals surface area (Å²) in [5.74, 6) is -3.12. The number of pyridine rings is 2. The molecule has 0 saturated heterocycles. The van der Waals surface area contributed by atoms with Gasteiger partial charge in [-0.25, -0.2) is 19.0 Å². The van der Waals surface area contributed by atoms with Crippen molar-refractivity contribution in [1.29, 1.82) is 0 Å². The van der Waals surface area contributed by atoms with E-state index in [2.05, 4.69) is 21.3 Å². The van der Waals surface area contributed by atoms with Gasteiger partial charge in [0, 0.05) is 34.8 Å². The molecule has 0 radical (unpaired) electrons. The molecule has 0 spiro atoms. The number of benzene rings is 2. The molecule has 4 atom stereocenters. The molecule has 20 heteroatoms. The normalized spacial score (nSPS) is 17.7. The van der Waals surface area contributed by atoms with Crippen LogP contribution >= 0.6 is 0 Å². The number of nitrogens with one attached hydrogen (secondary N) is 4. The molecule has 7 rings (SSSR count). The average Bonchev–Trinajstić information content (AvgIpc) is 3.69. The van der Waals surface area contributed by atoms with Gasteiger partial charge >= 0.3 is 12.1 Å². The average molecular weight is 944 g/mol. The molecule has 1 aliphatic carbocycles. The van der Waals surface area contributed by atoms with Gasteiger partial charge in [-0.15, -0.1) is 0 Å². The van der Waals surface area contributed by atoms with Crippen LogP contribution in [0.2, 0.25) is 0 Å². The minimum Gasteiger partial charge on any atom is -0.458 e. The van der Waals surface area contributed by atoms with Crippen molar-refractivity contribution in [2.45, 2.75) is 97.4 Å². The lowest BCUT2D eigenvalue weighted by molar-refractivity contribution is -0.172. The van der Waals surface area contributed by atoms with E-state index in [9.17, 15) is 33.9 Å². The maximum Gasteiger partial charge on any atom is 0.407 e. The van der Waals surface area contributed by atoms with E-state index in [4.69, 9.17) is 34.4 Å². The van der Waals surface area contributed by atoms with Crippen molar-refractivity contribution in [3.63, 3.8) is 0 Å². The molecule has 2 aliphatic heterocycles. The monoisotopic (exact) mass is 943 g/mol. The maximum absolute atomic E-state index is 15.4. The number of hydrogen-bond donors (Lipinski definition) is 6. The first kappa shape index (κ1) is 49.6. The van der Waals surface area contributed by atoms with Crippen LogP contribution in [-0.2, 0) is 74.6 Å². The molecule has 3 aliphatic rings. The Kier molecular flexibility index (Phi) is 15.5. The highest BCUT2D eigenvalue weighted by atomic mass is 19.1. The zero-order valence-corrected chi connectivity index (χ0v) is 38.8. The Morgan fingerprint density at radius 3 is 2.37 bits per heavy atom. The molecule has 2 aromatic heterocycles. The third kappa shape index (κ3) is 10.4. The fourth-order valence-corrected chi connectivity index (χ4v) is 8.77. The van der Waals surface area contributed by atoms with Gasteiger partial charge in [-0.3, -0.25) is 19.2 Å². The summed E-state index contributed by atoms with van der Waals surface area (Å²) in [6.07, 6.45) is 0.0884. The Hall–Kier alpha value is -6.32. The van der Waals surface area contributed by atoms with Crippen LogP contribution in [0.3, 0.4) is 0 Å². The van der Waals surface area contributed by atoms with Crippen molar-refractivity contribution in [3.05, 3.63) is 91.5 Å². The molecule has 0 bridgehead atoms. The van der Waals surface area contributed by atoms with Gasteiger partial charge in [0.1, 0.15) is 37.7 Å². The third-order valence-electron chi connectivity index (χ3n) is 12.5. The molecular formula is C48H58FN7O12. The molecule has 0 unspecified atom stereocenters. The lowest BCUT2D eigenvalue weighted by Crippen LogP contribution is -2.54. The minimum atomic E-state index is -2.03. The molecule has 4 aromatic rings. The van der Waals surface area contributed by atoms with Crippen LogP contribution in [0.4, 0.5) is 14.9 Å². The molecule has 4 heterocycles. The van der Waals surface area contributed by atoms with Crippen molar-refractivity contribution < 1.29 is 57.2 Å². The number of esters is 1. The van der Waals surface area contributed by atoms with Gasteiger partial charge in [-0.05, 0) is 79.5 Å². The predicted molar refractivity (Wildman–Crippen MR) is 245 cm³/mol. The number of carbonyl (C=O) groups is 5. The van der Waals surface area contributed by atoms with Crippen molar-refractivity contribution in [3.8, 4) is 11.4 Å². The maximum atomic E-state index is 15.4. The predicted octanol–water partition coefficient (Wildman–Crippen LogP) is 3.03. The summed E-state index contributed by atoms with van der Waals surface area (Å²) >= 11 is 0. The molecule has 364 valence electrons. The lowest BCUT2D eigenvalue weighted by Gasteiger charge is -2.31. The number of nitrogens with two attached hydrogens (primary N) is 1. The molecule has 4 amide bonds. The van der Waals surface area contributed by atoms with E-state index >= 15 is 4.39 Å². The minimum absolute atomic E-state index is 0.0260. The van der Waals surface area contributed by atoms with E-state index in [1.54, 1.807) is 58.0 Å². The summed E-state index contributed by atoms with van der Waals surface area (Å²) in [4.78, 5) is 83.8. The molecule has 19 nitrogen and oxygen atoms in total. The third-order valence-corrected chi connectivity index (χ3v) is 12.5. The number of aromatic nitrogens is 2. The molecule has 2 aromatic carbocycles. The number of carbonyl (C=O) groups excluding carboxylic acids is 5. The van der Waals surface area contributed by atoms with Crippen molar-refractivity contribution in [2.24, 2.45) is 11.7 Å². The number of aliphatic hydroxyl groups is 1. The Balaban J connectivity index is 0.948. The SMILES string of the molecule is CC[C@@]1(O)C(=O)OCc2c1cc1n(c2=O)Cc2c-1nc1cc(F)c(C)c3c1c2[C@@H](NC(=O)OCc1ccc(NC(=O)[C@H](C)NC(=O)[C@@H](NC(=O)COCCOCCOCCN)C(C)C)cc1)CC3. The van der Waals surface area contributed by atoms with E-state index in [0.29, 0.717) is 89.4 Å². The van der Waals surface area contributed by atoms with Gasteiger partial charge in [-0.1, -0.05) is 32.9 Å². The first-order valence-corrected chi connectivity index (χ1v) is 22.7. The number of rotatable bonds is 20. The molecule has 7 N–H and O–H groups in total. The number of nitrogens with zero attached hydrogens (tertiary/aromatic N) is 2. The van der Waals surface area contributed by atoms with Gasteiger partial charge in [0.25, 0.3) is 5.56 Å². The summed E-state index contributed by atoms with van der Waals surface area (Å²) in [5.41, 5.74) is 7.90. The number of anilines is 1. The summed E-state index contributed by atoms with van der Waals surface area (Å²) in [6, 6.07) is 7.02. The van der Waals surface area contributed by atoms with Gasteiger partial charge in [-0.2, -0.15) is 0 Å². The van der Waals surface area contributed by atoms with Gasteiger partial charge in [0.2, 0.25) is 17.7 Å². The highest BCUT2D eigenvalue weighted by molar-refractivity contribution is 5.98. The number of ether oxygens (including phenoxy) is 5. The largest absolute Gasteiger partial charge is 0.458 e. The Morgan fingerprint density at radius 2 is 1.68 bits per heavy atom. The number of halogens is 1. The van der Waals surface area contributed by atoms with E-state index < -0.39 is 64.9 Å². The number of cyclic esters (lactones) is 1. The summed E-state index contributed by atoms with van der Waals surface area (Å²) < 4.78 is 43.7. The Morgan fingerprint density at radius 1 is 0.971 bits per heavy atom. The van der Waals surface area contributed by atoms with Crippen molar-refractivity contribution in [1.82, 2.24) is 25.5 Å². The fraction of sp³-hybridized carbons (Fsp3) is 0.479. The number of alkyl carbamates (subject to hydrolysis) is 1. The van der Waals surface area contributed by atoms with Gasteiger partial charge in [0.15, 0.2) is 5.60 Å². The number of amides is 4. The van der Waals surface area contributed by atoms with Crippen LogP contribution in [0.25, 0.3) is 22.3 Å². The Labute approximate surface area is 391 Å². The highest BCUT2D eigenvalue weighted by Crippen LogP contribution is 2.46. The van der Waals surface area contributed by atoms with Crippen LogP contribution in [0.5, 0.6) is 0 Å². The lowest BCUT2D eigenvalue weighted by atomic mass is 9.81. The topological polar surface area (TPSA) is 261 Å². The quantitative estimate of drug-likeness (QED) is 0.0485. The zero-order valence-electron chi connectivity index (χ0n) is 38.8. The van der Waals surface area contributed by atoms with Crippen LogP contribution in [0.1, 0.15) is 85.5 Å². The summed E-state index contributed by atoms with van der Waals surface area (Å²) in [5, 5.41) is 23.1. The summed E-state index contributed by atoms with van der Waals surface area (Å²) in [6.45, 7) is 9.82. The van der Waals surface area contributed by atoms with Crippen LogP contribution in [0, 0.1) is 18.7 Å². The second-order valence-corrected chi connectivity index (χ2v) is 17.4. The zero-order chi connectivity index (χ0) is 48.9. The smallest absolute Gasteiger partial charge is 0.407 e. The summed E-state index contributed by atoms with van der Waals surface area (Å²) in [7, 11) is 0. The molecule has 68 heavy (non-hydrogen) atoms. The molecule has 0 fully saturated rings. The van der Waals surface area contributed by atoms with E-state index in [0.717, 1.165) is 5.56 Å². The fourth-order valence-electron chi connectivity index (χ4n) is 8.77. The van der Waals surface area contributed by atoms with Crippen molar-refractivity contribution >= 4 is 46.4 Å². The number of aryl methyl sites for hydroxylation is 1. The number of fused-ring (bicyclic) bond motifs is 5. The second kappa shape index (κ2) is 21.3. The van der Waals surface area contributed by atoms with Crippen LogP contribution in [-0.4, -0.2) is 103 Å². The first-order chi connectivity index (χ1) is 32.6. The molecular weight excluding hydrogens is 886 g/mol. The number of hydrogen-bond acceptors (Lipinski definition) is 14. The second-order valence-electron chi connectivity index (χ2n) is 17.4. The van der Waals surface area contributed by atoms with Gasteiger partial charge < -0.3 is 60.4 Å².